The first kappa shape index (κ1) is 14.8. The molecule has 0 aliphatic carbocycles. The lowest BCUT2D eigenvalue weighted by atomic mass is 10.1. The number of aryl methyl sites for hydroxylation is 2. The second-order valence-electron chi connectivity index (χ2n) is 5.48. The summed E-state index contributed by atoms with van der Waals surface area (Å²) in [4.78, 5) is 26.4. The maximum absolute atomic E-state index is 12.2. The van der Waals surface area contributed by atoms with Gasteiger partial charge in [0.2, 0.25) is 0 Å². The standard InChI is InChI=1S/C14H18N4O3/c1-8-5-11(9(2)16-8)12(19)17-10-6-15-18(7-10)14(3,4)13(20)21/h5-7,16H,1-4H3,(H,17,19)(H,20,21). The summed E-state index contributed by atoms with van der Waals surface area (Å²) in [5.41, 5.74) is 1.51. The maximum Gasteiger partial charge on any atom is 0.331 e. The second kappa shape index (κ2) is 5.08. The number of carboxylic acids is 1. The lowest BCUT2D eigenvalue weighted by Crippen LogP contribution is -2.35. The van der Waals surface area contributed by atoms with Crippen molar-refractivity contribution < 1.29 is 14.7 Å². The number of nitrogens with zero attached hydrogens (tertiary/aromatic N) is 2. The number of hydrogen-bond donors (Lipinski definition) is 3. The number of H-pyrrole nitrogens is 1. The molecule has 0 bridgehead atoms. The molecule has 7 heteroatoms. The molecule has 1 amide bonds. The van der Waals surface area contributed by atoms with Crippen LogP contribution in [0.4, 0.5) is 5.69 Å². The monoisotopic (exact) mass is 290 g/mol. The third kappa shape index (κ3) is 2.81. The molecule has 0 aliphatic rings. The number of aliphatic carboxylic acids is 1. The Balaban J connectivity index is 2.18. The number of amides is 1. The Labute approximate surface area is 122 Å². The zero-order valence-electron chi connectivity index (χ0n) is 12.4. The number of carbonyl (C=O) groups excluding carboxylic acids is 1. The van der Waals surface area contributed by atoms with Crippen LogP contribution in [0.5, 0.6) is 0 Å². The number of aromatic amines is 1. The molecule has 2 aromatic rings. The van der Waals surface area contributed by atoms with E-state index in [2.05, 4.69) is 15.4 Å². The first-order valence-electron chi connectivity index (χ1n) is 6.48. The summed E-state index contributed by atoms with van der Waals surface area (Å²) in [6.45, 7) is 6.76. The van der Waals surface area contributed by atoms with Gasteiger partial charge in [-0.1, -0.05) is 0 Å². The van der Waals surface area contributed by atoms with Gasteiger partial charge in [-0.15, -0.1) is 0 Å². The zero-order chi connectivity index (χ0) is 15.8. The van der Waals surface area contributed by atoms with Crippen molar-refractivity contribution >= 4 is 17.6 Å². The first-order chi connectivity index (χ1) is 9.71. The number of aromatic nitrogens is 3. The summed E-state index contributed by atoms with van der Waals surface area (Å²) in [6, 6.07) is 1.76. The predicted octanol–water partition coefficient (Wildman–Crippen LogP) is 1.90. The van der Waals surface area contributed by atoms with Gasteiger partial charge in [0.05, 0.1) is 17.4 Å². The number of rotatable bonds is 4. The molecule has 0 saturated carbocycles. The van der Waals surface area contributed by atoms with Crippen LogP contribution in [0, 0.1) is 13.8 Å². The van der Waals surface area contributed by atoms with Gasteiger partial charge in [0.15, 0.2) is 5.54 Å². The third-order valence-corrected chi connectivity index (χ3v) is 3.33. The highest BCUT2D eigenvalue weighted by Gasteiger charge is 2.30. The quantitative estimate of drug-likeness (QED) is 0.800. The summed E-state index contributed by atoms with van der Waals surface area (Å²) >= 11 is 0. The normalized spacial score (nSPS) is 11.4. The minimum absolute atomic E-state index is 0.260. The number of carbonyl (C=O) groups is 2. The SMILES string of the molecule is Cc1cc(C(=O)Nc2cnn(C(C)(C)C(=O)O)c2)c(C)[nH]1. The molecular formula is C14H18N4O3. The van der Waals surface area contributed by atoms with Crippen molar-refractivity contribution in [2.24, 2.45) is 0 Å². The van der Waals surface area contributed by atoms with Gasteiger partial charge in [0.25, 0.3) is 5.91 Å². The molecule has 0 radical (unpaired) electrons. The van der Waals surface area contributed by atoms with Gasteiger partial charge < -0.3 is 15.4 Å². The van der Waals surface area contributed by atoms with Crippen molar-refractivity contribution in [1.82, 2.24) is 14.8 Å². The molecule has 2 rings (SSSR count). The Morgan fingerprint density at radius 2 is 2.05 bits per heavy atom. The van der Waals surface area contributed by atoms with E-state index in [4.69, 9.17) is 5.11 Å². The number of hydrogen-bond acceptors (Lipinski definition) is 3. The molecular weight excluding hydrogens is 272 g/mol. The lowest BCUT2D eigenvalue weighted by Gasteiger charge is -2.19. The smallest absolute Gasteiger partial charge is 0.331 e. The van der Waals surface area contributed by atoms with Gasteiger partial charge in [-0.2, -0.15) is 5.10 Å². The van der Waals surface area contributed by atoms with E-state index in [0.29, 0.717) is 11.3 Å². The summed E-state index contributed by atoms with van der Waals surface area (Å²) in [5, 5.41) is 15.9. The molecule has 0 unspecified atom stereocenters. The fourth-order valence-electron chi connectivity index (χ4n) is 1.95. The molecule has 0 atom stereocenters. The molecule has 0 fully saturated rings. The van der Waals surface area contributed by atoms with Gasteiger partial charge in [-0.3, -0.25) is 9.48 Å². The van der Waals surface area contributed by atoms with Crippen LogP contribution < -0.4 is 5.32 Å². The first-order valence-corrected chi connectivity index (χ1v) is 6.48. The van der Waals surface area contributed by atoms with Gasteiger partial charge in [-0.05, 0) is 33.8 Å². The minimum atomic E-state index is -1.18. The number of anilines is 1. The average Bonchev–Trinajstić information content (AvgIpc) is 2.96. The van der Waals surface area contributed by atoms with E-state index in [9.17, 15) is 9.59 Å². The van der Waals surface area contributed by atoms with Crippen molar-refractivity contribution in [3.05, 3.63) is 35.4 Å². The van der Waals surface area contributed by atoms with Crippen LogP contribution in [-0.2, 0) is 10.3 Å². The molecule has 0 saturated heterocycles. The average molecular weight is 290 g/mol. The third-order valence-electron chi connectivity index (χ3n) is 3.33. The van der Waals surface area contributed by atoms with Gasteiger partial charge in [0, 0.05) is 17.6 Å². The van der Waals surface area contributed by atoms with Crippen molar-refractivity contribution in [2.75, 3.05) is 5.32 Å². The van der Waals surface area contributed by atoms with Gasteiger partial charge >= 0.3 is 5.97 Å². The van der Waals surface area contributed by atoms with Gasteiger partial charge in [0.1, 0.15) is 0 Å². The predicted molar refractivity (Wildman–Crippen MR) is 77.4 cm³/mol. The highest BCUT2D eigenvalue weighted by atomic mass is 16.4. The Morgan fingerprint density at radius 3 is 2.57 bits per heavy atom. The van der Waals surface area contributed by atoms with Crippen molar-refractivity contribution in [1.29, 1.82) is 0 Å². The Morgan fingerprint density at radius 1 is 1.38 bits per heavy atom. The summed E-state index contributed by atoms with van der Waals surface area (Å²) in [7, 11) is 0. The summed E-state index contributed by atoms with van der Waals surface area (Å²) in [6.07, 6.45) is 2.93. The highest BCUT2D eigenvalue weighted by molar-refractivity contribution is 6.05. The Bertz CT molecular complexity index is 697. The topological polar surface area (TPSA) is 100 Å². The van der Waals surface area contributed by atoms with Crippen LogP contribution in [0.15, 0.2) is 18.5 Å². The molecule has 2 aromatic heterocycles. The minimum Gasteiger partial charge on any atom is -0.479 e. The lowest BCUT2D eigenvalue weighted by molar-refractivity contribution is -0.146. The molecule has 112 valence electrons. The molecule has 0 aromatic carbocycles. The number of carboxylic acid groups (broad SMARTS) is 1. The largest absolute Gasteiger partial charge is 0.479 e. The molecule has 2 heterocycles. The molecule has 3 N–H and O–H groups in total. The second-order valence-corrected chi connectivity index (χ2v) is 5.48. The Kier molecular flexibility index (Phi) is 3.59. The fourth-order valence-corrected chi connectivity index (χ4v) is 1.95. The molecule has 0 spiro atoms. The summed E-state index contributed by atoms with van der Waals surface area (Å²) < 4.78 is 1.31. The van der Waals surface area contributed by atoms with E-state index in [1.807, 2.05) is 13.8 Å². The van der Waals surface area contributed by atoms with E-state index in [0.717, 1.165) is 11.4 Å². The maximum atomic E-state index is 12.2. The van der Waals surface area contributed by atoms with Crippen LogP contribution in [0.2, 0.25) is 0 Å². The Hall–Kier alpha value is -2.57. The molecule has 21 heavy (non-hydrogen) atoms. The van der Waals surface area contributed by atoms with E-state index in [1.54, 1.807) is 6.07 Å². The highest BCUT2D eigenvalue weighted by Crippen LogP contribution is 2.18. The van der Waals surface area contributed by atoms with Crippen molar-refractivity contribution in [3.8, 4) is 0 Å². The van der Waals surface area contributed by atoms with Crippen LogP contribution in [-0.4, -0.2) is 31.7 Å². The van der Waals surface area contributed by atoms with E-state index >= 15 is 0 Å². The van der Waals surface area contributed by atoms with E-state index in [1.165, 1.54) is 30.9 Å². The zero-order valence-corrected chi connectivity index (χ0v) is 12.4. The van der Waals surface area contributed by atoms with Crippen LogP contribution >= 0.6 is 0 Å². The van der Waals surface area contributed by atoms with Crippen molar-refractivity contribution in [3.63, 3.8) is 0 Å². The number of nitrogens with one attached hydrogen (secondary N) is 2. The summed E-state index contributed by atoms with van der Waals surface area (Å²) in [5.74, 6) is -1.26. The van der Waals surface area contributed by atoms with Crippen LogP contribution in [0.1, 0.15) is 35.6 Å². The van der Waals surface area contributed by atoms with Gasteiger partial charge in [-0.25, -0.2) is 4.79 Å². The van der Waals surface area contributed by atoms with Crippen molar-refractivity contribution in [2.45, 2.75) is 33.2 Å². The van der Waals surface area contributed by atoms with Crippen LogP contribution in [0.3, 0.4) is 0 Å². The molecule has 0 aliphatic heterocycles. The van der Waals surface area contributed by atoms with E-state index in [-0.39, 0.29) is 5.91 Å². The van der Waals surface area contributed by atoms with Crippen LogP contribution in [0.25, 0.3) is 0 Å². The fraction of sp³-hybridized carbons (Fsp3) is 0.357. The van der Waals surface area contributed by atoms with E-state index < -0.39 is 11.5 Å². The molecule has 7 nitrogen and oxygen atoms in total.